The van der Waals surface area contributed by atoms with E-state index in [1.54, 1.807) is 0 Å². The minimum Gasteiger partial charge on any atom is -0.486 e. The number of aromatic nitrogens is 1. The van der Waals surface area contributed by atoms with Crippen LogP contribution in [0.4, 0.5) is 0 Å². The Balaban J connectivity index is 2.13. The molecule has 0 amide bonds. The molecule has 2 aromatic rings. The number of rotatable bonds is 5. The maximum Gasteiger partial charge on any atom is 0.140 e. The fourth-order valence-electron chi connectivity index (χ4n) is 2.00. The summed E-state index contributed by atoms with van der Waals surface area (Å²) in [6.45, 7) is 6.61. The van der Waals surface area contributed by atoms with E-state index in [1.165, 1.54) is 16.9 Å². The largest absolute Gasteiger partial charge is 0.486 e. The van der Waals surface area contributed by atoms with E-state index in [1.807, 2.05) is 26.0 Å². The molecule has 20 heavy (non-hydrogen) atoms. The summed E-state index contributed by atoms with van der Waals surface area (Å²) in [5.74, 6) is 0.890. The third-order valence-corrected chi connectivity index (χ3v) is 4.42. The van der Waals surface area contributed by atoms with Crippen LogP contribution in [0.5, 0.6) is 5.75 Å². The Morgan fingerprint density at radius 2 is 2.15 bits per heavy atom. The number of thiazole rings is 1. The van der Waals surface area contributed by atoms with Gasteiger partial charge in [0.1, 0.15) is 22.4 Å². The Morgan fingerprint density at radius 1 is 1.40 bits per heavy atom. The van der Waals surface area contributed by atoms with Crippen LogP contribution >= 0.6 is 23.6 Å². The van der Waals surface area contributed by atoms with Gasteiger partial charge >= 0.3 is 0 Å². The average Bonchev–Trinajstić information content (AvgIpc) is 2.81. The van der Waals surface area contributed by atoms with Gasteiger partial charge in [0, 0.05) is 0 Å². The van der Waals surface area contributed by atoms with Crippen molar-refractivity contribution in [2.75, 3.05) is 0 Å². The first kappa shape index (κ1) is 14.9. The molecule has 1 heterocycles. The van der Waals surface area contributed by atoms with Gasteiger partial charge in [-0.25, -0.2) is 4.98 Å². The lowest BCUT2D eigenvalue weighted by atomic mass is 10.1. The second-order valence-electron chi connectivity index (χ2n) is 4.66. The second kappa shape index (κ2) is 6.33. The van der Waals surface area contributed by atoms with Gasteiger partial charge in [0.05, 0.1) is 10.6 Å². The Kier molecular flexibility index (Phi) is 4.73. The van der Waals surface area contributed by atoms with E-state index < -0.39 is 0 Å². The third-order valence-electron chi connectivity index (χ3n) is 2.98. The number of nitrogens with zero attached hydrogens (tertiary/aromatic N) is 1. The lowest BCUT2D eigenvalue weighted by Gasteiger charge is -2.08. The summed E-state index contributed by atoms with van der Waals surface area (Å²) in [7, 11) is 0. The van der Waals surface area contributed by atoms with Crippen LogP contribution in [0.3, 0.4) is 0 Å². The van der Waals surface area contributed by atoms with Gasteiger partial charge in [0.25, 0.3) is 0 Å². The highest BCUT2D eigenvalue weighted by molar-refractivity contribution is 7.81. The van der Waals surface area contributed by atoms with Crippen LogP contribution in [0, 0.1) is 13.8 Å². The maximum absolute atomic E-state index is 5.83. The van der Waals surface area contributed by atoms with Crippen molar-refractivity contribution in [3.8, 4) is 5.75 Å². The Bertz CT molecular complexity index is 635. The first-order chi connectivity index (χ1) is 9.51. The first-order valence-corrected chi connectivity index (χ1v) is 7.72. The molecule has 0 fully saturated rings. The van der Waals surface area contributed by atoms with Crippen LogP contribution in [0.2, 0.25) is 0 Å². The normalized spacial score (nSPS) is 10.6. The zero-order valence-corrected chi connectivity index (χ0v) is 13.5. The number of hydrogen-bond acceptors (Lipinski definition) is 4. The number of aryl methyl sites for hydroxylation is 3. The van der Waals surface area contributed by atoms with Crippen LogP contribution in [0.25, 0.3) is 0 Å². The monoisotopic (exact) mass is 306 g/mol. The predicted octanol–water partition coefficient (Wildman–Crippen LogP) is 3.54. The molecule has 1 aromatic carbocycles. The molecule has 0 unspecified atom stereocenters. The molecule has 106 valence electrons. The Hall–Kier alpha value is -1.46. The number of nitrogens with two attached hydrogens (primary N) is 1. The van der Waals surface area contributed by atoms with Crippen molar-refractivity contribution in [1.82, 2.24) is 4.98 Å². The van der Waals surface area contributed by atoms with E-state index in [0.29, 0.717) is 11.6 Å². The summed E-state index contributed by atoms with van der Waals surface area (Å²) >= 11 is 6.57. The van der Waals surface area contributed by atoms with Crippen LogP contribution < -0.4 is 10.5 Å². The molecular formula is C15H18N2OS2. The van der Waals surface area contributed by atoms with Gasteiger partial charge in [-0.3, -0.25) is 0 Å². The van der Waals surface area contributed by atoms with E-state index in [9.17, 15) is 0 Å². The fourth-order valence-corrected chi connectivity index (χ4v) is 3.16. The minimum absolute atomic E-state index is 0.414. The van der Waals surface area contributed by atoms with Gasteiger partial charge in [0.2, 0.25) is 0 Å². The molecule has 0 aliphatic rings. The van der Waals surface area contributed by atoms with E-state index in [4.69, 9.17) is 22.7 Å². The fraction of sp³-hybridized carbons (Fsp3) is 0.333. The van der Waals surface area contributed by atoms with Crippen LogP contribution in [0.15, 0.2) is 18.2 Å². The van der Waals surface area contributed by atoms with Crippen molar-refractivity contribution < 1.29 is 4.74 Å². The van der Waals surface area contributed by atoms with Crippen LogP contribution in [-0.4, -0.2) is 9.97 Å². The van der Waals surface area contributed by atoms with E-state index in [0.717, 1.165) is 33.3 Å². The number of hydrogen-bond donors (Lipinski definition) is 1. The van der Waals surface area contributed by atoms with Crippen molar-refractivity contribution in [2.24, 2.45) is 5.73 Å². The molecule has 0 saturated carbocycles. The smallest absolute Gasteiger partial charge is 0.140 e. The Labute approximate surface area is 128 Å². The molecule has 5 heteroatoms. The average molecular weight is 306 g/mol. The first-order valence-electron chi connectivity index (χ1n) is 6.49. The van der Waals surface area contributed by atoms with E-state index >= 15 is 0 Å². The summed E-state index contributed by atoms with van der Waals surface area (Å²) in [5, 5.41) is 0.907. The van der Waals surface area contributed by atoms with E-state index in [-0.39, 0.29) is 0 Å². The molecule has 0 saturated heterocycles. The SMILES string of the molecule is CCc1nc(COc2ccc(C)cc2C)sc1C(N)=S. The molecule has 0 radical (unpaired) electrons. The van der Waals surface area contributed by atoms with Gasteiger partial charge in [0.15, 0.2) is 0 Å². The second-order valence-corrected chi connectivity index (χ2v) is 6.18. The zero-order chi connectivity index (χ0) is 14.7. The molecular weight excluding hydrogens is 288 g/mol. The van der Waals surface area contributed by atoms with Gasteiger partial charge < -0.3 is 10.5 Å². The van der Waals surface area contributed by atoms with Crippen LogP contribution in [-0.2, 0) is 13.0 Å². The van der Waals surface area contributed by atoms with Crippen molar-refractivity contribution in [3.63, 3.8) is 0 Å². The number of thiocarbonyl (C=S) groups is 1. The highest BCUT2D eigenvalue weighted by Crippen LogP contribution is 2.23. The minimum atomic E-state index is 0.414. The lowest BCUT2D eigenvalue weighted by molar-refractivity contribution is 0.303. The van der Waals surface area contributed by atoms with Gasteiger partial charge in [-0.2, -0.15) is 0 Å². The highest BCUT2D eigenvalue weighted by Gasteiger charge is 2.12. The summed E-state index contributed by atoms with van der Waals surface area (Å²) in [6.07, 6.45) is 0.826. The summed E-state index contributed by atoms with van der Waals surface area (Å²) < 4.78 is 5.83. The topological polar surface area (TPSA) is 48.1 Å². The van der Waals surface area contributed by atoms with E-state index in [2.05, 4.69) is 18.0 Å². The molecule has 3 nitrogen and oxygen atoms in total. The maximum atomic E-state index is 5.83. The van der Waals surface area contributed by atoms with Gasteiger partial charge in [-0.05, 0) is 31.9 Å². The van der Waals surface area contributed by atoms with Crippen molar-refractivity contribution in [2.45, 2.75) is 33.8 Å². The van der Waals surface area contributed by atoms with Crippen molar-refractivity contribution >= 4 is 28.5 Å². The van der Waals surface area contributed by atoms with Crippen LogP contribution in [0.1, 0.15) is 33.6 Å². The zero-order valence-electron chi connectivity index (χ0n) is 11.9. The molecule has 0 aliphatic heterocycles. The molecule has 0 atom stereocenters. The predicted molar refractivity (Wildman–Crippen MR) is 87.6 cm³/mol. The van der Waals surface area contributed by atoms with Gasteiger partial charge in [-0.1, -0.05) is 36.8 Å². The molecule has 2 N–H and O–H groups in total. The third kappa shape index (κ3) is 3.35. The quantitative estimate of drug-likeness (QED) is 0.858. The standard InChI is InChI=1S/C15H18N2OS2/c1-4-11-14(15(16)19)20-13(17-11)8-18-12-6-5-9(2)7-10(12)3/h5-7H,4,8H2,1-3H3,(H2,16,19). The Morgan fingerprint density at radius 3 is 2.70 bits per heavy atom. The number of ether oxygens (including phenoxy) is 1. The highest BCUT2D eigenvalue weighted by atomic mass is 32.1. The summed E-state index contributed by atoms with van der Waals surface area (Å²) in [6, 6.07) is 6.14. The molecule has 0 bridgehead atoms. The molecule has 1 aromatic heterocycles. The summed E-state index contributed by atoms with van der Waals surface area (Å²) in [4.78, 5) is 5.86. The lowest BCUT2D eigenvalue weighted by Crippen LogP contribution is -2.09. The number of benzene rings is 1. The van der Waals surface area contributed by atoms with Crippen molar-refractivity contribution in [3.05, 3.63) is 44.9 Å². The van der Waals surface area contributed by atoms with Crippen molar-refractivity contribution in [1.29, 1.82) is 0 Å². The molecule has 2 rings (SSSR count). The molecule has 0 aliphatic carbocycles. The summed E-state index contributed by atoms with van der Waals surface area (Å²) in [5.41, 5.74) is 9.03. The molecule has 0 spiro atoms. The van der Waals surface area contributed by atoms with Gasteiger partial charge in [-0.15, -0.1) is 11.3 Å².